The molecule has 170 valence electrons. The van der Waals surface area contributed by atoms with Gasteiger partial charge in [0.25, 0.3) is 5.91 Å². The summed E-state index contributed by atoms with van der Waals surface area (Å²) in [5.41, 5.74) is -0.0101. The zero-order valence-electron chi connectivity index (χ0n) is 16.5. The number of aromatic nitrogens is 2. The summed E-state index contributed by atoms with van der Waals surface area (Å²) < 4.78 is 82.8. The number of amides is 1. The Morgan fingerprint density at radius 2 is 1.69 bits per heavy atom. The lowest BCUT2D eigenvalue weighted by atomic mass is 10.2. The number of carbonyl (C=O) groups is 2. The molecule has 0 fully saturated rings. The largest absolute Gasteiger partial charge is 0.479 e. The van der Waals surface area contributed by atoms with Gasteiger partial charge in [-0.3, -0.25) is 9.48 Å². The molecule has 1 N–H and O–H groups in total. The minimum atomic E-state index is -2.32. The summed E-state index contributed by atoms with van der Waals surface area (Å²) in [6.45, 7) is 0.961. The molecule has 0 atom stereocenters. The van der Waals surface area contributed by atoms with E-state index in [1.807, 2.05) is 0 Å². The van der Waals surface area contributed by atoms with Gasteiger partial charge in [0.05, 0.1) is 12.8 Å². The van der Waals surface area contributed by atoms with Crippen molar-refractivity contribution in [3.63, 3.8) is 0 Å². The third-order valence-corrected chi connectivity index (χ3v) is 4.08. The number of halogens is 5. The SMILES string of the molecule is CCOC(=O)c1cnn(C)c1NC(=O)c1ccc(COc2c(F)c(F)c(F)c(F)c2F)o1. The van der Waals surface area contributed by atoms with E-state index in [9.17, 15) is 31.5 Å². The number of aryl methyl sites for hydroxylation is 1. The van der Waals surface area contributed by atoms with Crippen LogP contribution >= 0.6 is 0 Å². The van der Waals surface area contributed by atoms with Crippen LogP contribution in [0.4, 0.5) is 27.8 Å². The fraction of sp³-hybridized carbons (Fsp3) is 0.211. The maximum Gasteiger partial charge on any atom is 0.343 e. The molecule has 0 aliphatic heterocycles. The molecular formula is C19H14F5N3O5. The Bertz CT molecular complexity index is 1160. The number of carbonyl (C=O) groups excluding carboxylic acids is 2. The predicted octanol–water partition coefficient (Wildman–Crippen LogP) is 3.72. The van der Waals surface area contributed by atoms with Gasteiger partial charge in [0.1, 0.15) is 23.7 Å². The highest BCUT2D eigenvalue weighted by Crippen LogP contribution is 2.30. The minimum Gasteiger partial charge on any atom is -0.479 e. The van der Waals surface area contributed by atoms with E-state index < -0.39 is 53.3 Å². The number of hydrogen-bond acceptors (Lipinski definition) is 6. The number of hydrogen-bond donors (Lipinski definition) is 1. The number of anilines is 1. The molecule has 32 heavy (non-hydrogen) atoms. The Morgan fingerprint density at radius 1 is 1.06 bits per heavy atom. The Morgan fingerprint density at radius 3 is 2.31 bits per heavy atom. The summed E-state index contributed by atoms with van der Waals surface area (Å²) in [6.07, 6.45) is 1.19. The summed E-state index contributed by atoms with van der Waals surface area (Å²) in [7, 11) is 1.46. The highest BCUT2D eigenvalue weighted by atomic mass is 19.2. The molecule has 1 aromatic carbocycles. The van der Waals surface area contributed by atoms with Crippen molar-refractivity contribution in [1.82, 2.24) is 9.78 Å². The van der Waals surface area contributed by atoms with Crippen LogP contribution in [-0.4, -0.2) is 28.3 Å². The van der Waals surface area contributed by atoms with Crippen LogP contribution in [0.3, 0.4) is 0 Å². The van der Waals surface area contributed by atoms with Gasteiger partial charge < -0.3 is 19.2 Å². The van der Waals surface area contributed by atoms with Gasteiger partial charge in [-0.05, 0) is 19.1 Å². The highest BCUT2D eigenvalue weighted by Gasteiger charge is 2.27. The lowest BCUT2D eigenvalue weighted by Crippen LogP contribution is -2.17. The second-order valence-corrected chi connectivity index (χ2v) is 6.16. The molecular weight excluding hydrogens is 445 g/mol. The highest BCUT2D eigenvalue weighted by molar-refractivity contribution is 6.05. The van der Waals surface area contributed by atoms with Crippen molar-refractivity contribution in [2.45, 2.75) is 13.5 Å². The van der Waals surface area contributed by atoms with E-state index in [0.717, 1.165) is 0 Å². The normalized spacial score (nSPS) is 10.8. The van der Waals surface area contributed by atoms with Gasteiger partial charge in [-0.15, -0.1) is 0 Å². The maximum absolute atomic E-state index is 13.7. The number of nitrogens with one attached hydrogen (secondary N) is 1. The monoisotopic (exact) mass is 459 g/mol. The van der Waals surface area contributed by atoms with E-state index in [4.69, 9.17) is 9.15 Å². The average Bonchev–Trinajstić information content (AvgIpc) is 3.38. The predicted molar refractivity (Wildman–Crippen MR) is 96.4 cm³/mol. The van der Waals surface area contributed by atoms with Crippen LogP contribution in [0.15, 0.2) is 22.7 Å². The van der Waals surface area contributed by atoms with Crippen molar-refractivity contribution >= 4 is 17.7 Å². The van der Waals surface area contributed by atoms with Gasteiger partial charge in [-0.2, -0.15) is 13.9 Å². The Labute approximate surface area is 176 Å². The number of benzene rings is 1. The zero-order valence-corrected chi connectivity index (χ0v) is 16.5. The van der Waals surface area contributed by atoms with Crippen molar-refractivity contribution in [2.75, 3.05) is 11.9 Å². The second kappa shape index (κ2) is 9.08. The smallest absolute Gasteiger partial charge is 0.343 e. The summed E-state index contributed by atoms with van der Waals surface area (Å²) >= 11 is 0. The van der Waals surface area contributed by atoms with E-state index in [0.29, 0.717) is 0 Å². The molecule has 0 aliphatic carbocycles. The Hall–Kier alpha value is -3.90. The molecule has 3 rings (SSSR count). The third-order valence-electron chi connectivity index (χ3n) is 4.08. The van der Waals surface area contributed by atoms with E-state index in [2.05, 4.69) is 15.2 Å². The molecule has 0 radical (unpaired) electrons. The van der Waals surface area contributed by atoms with Gasteiger partial charge in [-0.1, -0.05) is 0 Å². The van der Waals surface area contributed by atoms with Crippen LogP contribution in [0.2, 0.25) is 0 Å². The van der Waals surface area contributed by atoms with Gasteiger partial charge >= 0.3 is 5.97 Å². The van der Waals surface area contributed by atoms with E-state index in [-0.39, 0.29) is 29.5 Å². The first-order valence-corrected chi connectivity index (χ1v) is 8.89. The molecule has 0 aliphatic rings. The quantitative estimate of drug-likeness (QED) is 0.251. The zero-order chi connectivity index (χ0) is 23.6. The number of rotatable bonds is 7. The summed E-state index contributed by atoms with van der Waals surface area (Å²) in [5.74, 6) is -14.4. The standard InChI is InChI=1S/C19H14F5N3O5/c1-3-30-19(29)9-6-25-27(2)17(9)26-18(28)10-5-4-8(32-10)7-31-16-14(23)12(21)11(20)13(22)15(16)24/h4-6H,3,7H2,1-2H3,(H,26,28). The fourth-order valence-corrected chi connectivity index (χ4v) is 2.55. The molecule has 0 unspecified atom stereocenters. The average molecular weight is 459 g/mol. The van der Waals surface area contributed by atoms with Gasteiger partial charge in [0.15, 0.2) is 11.5 Å². The van der Waals surface area contributed by atoms with Crippen LogP contribution in [0.1, 0.15) is 33.6 Å². The lowest BCUT2D eigenvalue weighted by molar-refractivity contribution is 0.0527. The van der Waals surface area contributed by atoms with Crippen LogP contribution in [0.5, 0.6) is 5.75 Å². The molecule has 2 heterocycles. The van der Waals surface area contributed by atoms with E-state index in [1.165, 1.54) is 30.1 Å². The summed E-state index contributed by atoms with van der Waals surface area (Å²) in [5, 5.41) is 6.27. The molecule has 0 bridgehead atoms. The Balaban J connectivity index is 1.73. The molecule has 0 saturated carbocycles. The van der Waals surface area contributed by atoms with Crippen molar-refractivity contribution in [1.29, 1.82) is 0 Å². The number of nitrogens with zero attached hydrogens (tertiary/aromatic N) is 2. The van der Waals surface area contributed by atoms with E-state index >= 15 is 0 Å². The first kappa shape index (κ1) is 22.8. The van der Waals surface area contributed by atoms with Gasteiger partial charge in [0, 0.05) is 7.05 Å². The first-order chi connectivity index (χ1) is 15.1. The summed E-state index contributed by atoms with van der Waals surface area (Å²) in [6, 6.07) is 2.36. The van der Waals surface area contributed by atoms with Crippen molar-refractivity contribution in [3.05, 3.63) is 64.5 Å². The molecule has 2 aromatic heterocycles. The van der Waals surface area contributed by atoms with E-state index in [1.54, 1.807) is 6.92 Å². The molecule has 8 nitrogen and oxygen atoms in total. The third kappa shape index (κ3) is 4.26. The molecule has 3 aromatic rings. The molecule has 0 spiro atoms. The number of esters is 1. The van der Waals surface area contributed by atoms with Gasteiger partial charge in [-0.25, -0.2) is 18.0 Å². The minimum absolute atomic E-state index is 0.0101. The molecule has 13 heteroatoms. The van der Waals surface area contributed by atoms with Crippen molar-refractivity contribution in [3.8, 4) is 5.75 Å². The second-order valence-electron chi connectivity index (χ2n) is 6.16. The van der Waals surface area contributed by atoms with Crippen LogP contribution in [0.25, 0.3) is 0 Å². The topological polar surface area (TPSA) is 95.6 Å². The van der Waals surface area contributed by atoms with Crippen LogP contribution in [-0.2, 0) is 18.4 Å². The molecule has 0 saturated heterocycles. The number of furan rings is 1. The van der Waals surface area contributed by atoms with Crippen LogP contribution < -0.4 is 10.1 Å². The maximum atomic E-state index is 13.7. The number of ether oxygens (including phenoxy) is 2. The lowest BCUT2D eigenvalue weighted by Gasteiger charge is -2.09. The summed E-state index contributed by atoms with van der Waals surface area (Å²) in [4.78, 5) is 24.4. The van der Waals surface area contributed by atoms with Crippen molar-refractivity contribution in [2.24, 2.45) is 7.05 Å². The van der Waals surface area contributed by atoms with Crippen molar-refractivity contribution < 1.29 is 45.4 Å². The Kier molecular flexibility index (Phi) is 6.46. The van der Waals surface area contributed by atoms with Crippen LogP contribution in [0, 0.1) is 29.1 Å². The first-order valence-electron chi connectivity index (χ1n) is 8.89. The van der Waals surface area contributed by atoms with Gasteiger partial charge in [0.2, 0.25) is 29.1 Å². The molecule has 1 amide bonds. The fourth-order valence-electron chi connectivity index (χ4n) is 2.55.